The molecule has 0 saturated carbocycles. The predicted octanol–water partition coefficient (Wildman–Crippen LogP) is 0.388. The fourth-order valence-corrected chi connectivity index (χ4v) is 1.20. The van der Waals surface area contributed by atoms with Gasteiger partial charge in [-0.25, -0.2) is 0 Å². The molecule has 0 fully saturated rings. The van der Waals surface area contributed by atoms with Gasteiger partial charge in [0.1, 0.15) is 0 Å². The highest BCUT2D eigenvalue weighted by Crippen LogP contribution is 2.11. The first-order chi connectivity index (χ1) is 5.00. The van der Waals surface area contributed by atoms with Gasteiger partial charge >= 0.3 is 10.1 Å². The monoisotopic (exact) mass is 172 g/mol. The first-order valence-corrected chi connectivity index (χ1v) is 4.22. The summed E-state index contributed by atoms with van der Waals surface area (Å²) in [6, 6.07) is 5.26. The molecule has 1 radical (unpaired) electrons. The number of benzene rings is 1. The molecule has 4 nitrogen and oxygen atoms in total. The zero-order chi connectivity index (χ0) is 8.48. The molecule has 0 atom stereocenters. The Kier molecular flexibility index (Phi) is 1.84. The second-order valence-corrected chi connectivity index (χ2v) is 3.41. The largest absolute Gasteiger partial charge is 0.399 e. The summed E-state index contributed by atoms with van der Waals surface area (Å²) in [6.45, 7) is 0. The highest BCUT2D eigenvalue weighted by Gasteiger charge is 2.10. The predicted molar refractivity (Wildman–Crippen MR) is 38.7 cm³/mol. The maximum atomic E-state index is 10.4. The van der Waals surface area contributed by atoms with Gasteiger partial charge in [0.05, 0.1) is 4.90 Å². The number of hydrogen-bond acceptors (Lipinski definition) is 3. The van der Waals surface area contributed by atoms with E-state index in [1.165, 1.54) is 18.2 Å². The van der Waals surface area contributed by atoms with Crippen LogP contribution in [0.15, 0.2) is 29.2 Å². The summed E-state index contributed by atoms with van der Waals surface area (Å²) >= 11 is 0. The molecule has 59 valence electrons. The lowest BCUT2D eigenvalue weighted by molar-refractivity contribution is 0.414. The van der Waals surface area contributed by atoms with Gasteiger partial charge in [0.2, 0.25) is 0 Å². The van der Waals surface area contributed by atoms with Crippen LogP contribution in [0, 0.1) is 0 Å². The van der Waals surface area contributed by atoms with Gasteiger partial charge < -0.3 is 5.73 Å². The van der Waals surface area contributed by atoms with Crippen molar-refractivity contribution in [2.45, 2.75) is 4.90 Å². The van der Waals surface area contributed by atoms with Crippen LogP contribution in [0.5, 0.6) is 0 Å². The third kappa shape index (κ3) is 1.92. The third-order valence-electron chi connectivity index (χ3n) is 1.15. The van der Waals surface area contributed by atoms with Gasteiger partial charge in [-0.1, -0.05) is 10.6 Å². The Morgan fingerprint density at radius 2 is 1.91 bits per heavy atom. The summed E-state index contributed by atoms with van der Waals surface area (Å²) in [4.78, 5) is -0.294. The van der Waals surface area contributed by atoms with Crippen LogP contribution in [0.1, 0.15) is 0 Å². The number of nitrogen functional groups attached to an aromatic ring is 1. The highest BCUT2D eigenvalue weighted by atomic mass is 32.2. The number of anilines is 1. The minimum atomic E-state index is -4.36. The van der Waals surface area contributed by atoms with E-state index in [1.807, 2.05) is 0 Å². The van der Waals surface area contributed by atoms with E-state index >= 15 is 0 Å². The first kappa shape index (κ1) is 8.03. The van der Waals surface area contributed by atoms with Crippen LogP contribution in [0.3, 0.4) is 0 Å². The topological polar surface area (TPSA) is 80.1 Å². The molecule has 0 unspecified atom stereocenters. The molecule has 1 rings (SSSR count). The van der Waals surface area contributed by atoms with Crippen molar-refractivity contribution < 1.29 is 13.0 Å². The van der Waals surface area contributed by atoms with E-state index in [-0.39, 0.29) is 10.6 Å². The third-order valence-corrected chi connectivity index (χ3v) is 1.98. The molecule has 1 aromatic rings. The summed E-state index contributed by atoms with van der Waals surface area (Å²) in [5.74, 6) is 0. The lowest BCUT2D eigenvalue weighted by Gasteiger charge is -1.94. The molecule has 0 bridgehead atoms. The van der Waals surface area contributed by atoms with Crippen molar-refractivity contribution >= 4 is 15.8 Å². The van der Waals surface area contributed by atoms with Crippen molar-refractivity contribution in [1.29, 1.82) is 0 Å². The second kappa shape index (κ2) is 2.52. The molecule has 0 spiro atoms. The maximum absolute atomic E-state index is 10.4. The summed E-state index contributed by atoms with van der Waals surface area (Å²) in [5.41, 5.74) is 5.52. The molecule has 0 aliphatic carbocycles. The molecule has 2 N–H and O–H groups in total. The van der Waals surface area contributed by atoms with Gasteiger partial charge in [-0.2, -0.15) is 8.42 Å². The molecule has 1 aromatic carbocycles. The highest BCUT2D eigenvalue weighted by molar-refractivity contribution is 7.85. The summed E-state index contributed by atoms with van der Waals surface area (Å²) in [6.07, 6.45) is 0. The van der Waals surface area contributed by atoms with Crippen molar-refractivity contribution in [3.8, 4) is 0 Å². The van der Waals surface area contributed by atoms with Gasteiger partial charge in [0.25, 0.3) is 0 Å². The van der Waals surface area contributed by atoms with E-state index in [9.17, 15) is 13.0 Å². The Labute approximate surface area is 64.4 Å². The quantitative estimate of drug-likeness (QED) is 0.622. The zero-order valence-electron chi connectivity index (χ0n) is 5.52. The molecule has 0 saturated heterocycles. The molecule has 0 aliphatic rings. The summed E-state index contributed by atoms with van der Waals surface area (Å²) in [7, 11) is -4.36. The van der Waals surface area contributed by atoms with E-state index in [0.29, 0.717) is 0 Å². The normalized spacial score (nSPS) is 11.4. The Hall–Kier alpha value is -1.07. The van der Waals surface area contributed by atoms with Crippen molar-refractivity contribution in [3.63, 3.8) is 0 Å². The van der Waals surface area contributed by atoms with Gasteiger partial charge in [0.15, 0.2) is 0 Å². The van der Waals surface area contributed by atoms with Crippen LogP contribution in [-0.4, -0.2) is 8.42 Å². The zero-order valence-corrected chi connectivity index (χ0v) is 6.34. The molecule has 5 heteroatoms. The Bertz CT molecular complexity index is 358. The Morgan fingerprint density at radius 1 is 1.27 bits per heavy atom. The van der Waals surface area contributed by atoms with Gasteiger partial charge in [0, 0.05) is 5.69 Å². The molecule has 11 heavy (non-hydrogen) atoms. The van der Waals surface area contributed by atoms with E-state index in [0.717, 1.165) is 6.07 Å². The van der Waals surface area contributed by atoms with Crippen LogP contribution >= 0.6 is 0 Å². The van der Waals surface area contributed by atoms with Crippen LogP contribution in [0.25, 0.3) is 0 Å². The maximum Gasteiger partial charge on any atom is 0.324 e. The fraction of sp³-hybridized carbons (Fsp3) is 0. The standard InChI is InChI=1S/C6H6NO3S/c7-5-2-1-3-6(4-5)11(8,9)10/h1-4H,7H2. The summed E-state index contributed by atoms with van der Waals surface area (Å²) in [5, 5.41) is 0. The average molecular weight is 172 g/mol. The van der Waals surface area contributed by atoms with Crippen molar-refractivity contribution in [1.82, 2.24) is 0 Å². The van der Waals surface area contributed by atoms with Crippen LogP contribution in [0.4, 0.5) is 5.69 Å². The lowest BCUT2D eigenvalue weighted by Crippen LogP contribution is -1.96. The molecule has 0 aromatic heterocycles. The average Bonchev–Trinajstić information content (AvgIpc) is 1.86. The second-order valence-electron chi connectivity index (χ2n) is 2.03. The Balaban J connectivity index is 3.28. The fourth-order valence-electron chi connectivity index (χ4n) is 0.670. The van der Waals surface area contributed by atoms with E-state index in [1.54, 1.807) is 0 Å². The van der Waals surface area contributed by atoms with Gasteiger partial charge in [-0.05, 0) is 18.2 Å². The van der Waals surface area contributed by atoms with Gasteiger partial charge in [-0.15, -0.1) is 0 Å². The number of rotatable bonds is 1. The van der Waals surface area contributed by atoms with Crippen LogP contribution in [-0.2, 0) is 14.7 Å². The van der Waals surface area contributed by atoms with Crippen molar-refractivity contribution in [2.24, 2.45) is 0 Å². The molecular formula is C6H6NO3S. The van der Waals surface area contributed by atoms with Crippen molar-refractivity contribution in [3.05, 3.63) is 24.3 Å². The molecule has 0 aliphatic heterocycles. The number of nitrogens with two attached hydrogens (primary N) is 1. The van der Waals surface area contributed by atoms with E-state index in [4.69, 9.17) is 5.73 Å². The minimum absolute atomic E-state index is 0.266. The Morgan fingerprint density at radius 3 is 2.27 bits per heavy atom. The van der Waals surface area contributed by atoms with Crippen LogP contribution < -0.4 is 5.73 Å². The smallest absolute Gasteiger partial charge is 0.324 e. The van der Waals surface area contributed by atoms with Gasteiger partial charge in [-0.3, -0.25) is 0 Å². The molecule has 0 heterocycles. The number of hydrogen-bond donors (Lipinski definition) is 1. The summed E-state index contributed by atoms with van der Waals surface area (Å²) < 4.78 is 31.1. The van der Waals surface area contributed by atoms with Crippen molar-refractivity contribution in [2.75, 3.05) is 5.73 Å². The van der Waals surface area contributed by atoms with Crippen LogP contribution in [0.2, 0.25) is 0 Å². The first-order valence-electron chi connectivity index (χ1n) is 2.81. The SMILES string of the molecule is Nc1cccc(S([O])(=O)=O)c1. The minimum Gasteiger partial charge on any atom is -0.399 e. The van der Waals surface area contributed by atoms with E-state index < -0.39 is 10.1 Å². The molecule has 0 amide bonds. The lowest BCUT2D eigenvalue weighted by atomic mass is 10.3. The molecular weight excluding hydrogens is 166 g/mol. The van der Waals surface area contributed by atoms with E-state index in [2.05, 4.69) is 0 Å².